The summed E-state index contributed by atoms with van der Waals surface area (Å²) in [5, 5.41) is 14.0. The number of hydrazone groups is 1. The van der Waals surface area contributed by atoms with E-state index < -0.39 is 0 Å². The maximum Gasteiger partial charge on any atom is 0.271 e. The SMILES string of the molecule is COc1cccc(/C=N\NC(=O)c2ccc([C@@H]3SCC(=O)N3CCc3ccccc3)cc2)c1O. The third-order valence-electron chi connectivity index (χ3n) is 5.53. The van der Waals surface area contributed by atoms with Crippen LogP contribution in [0.3, 0.4) is 0 Å². The van der Waals surface area contributed by atoms with E-state index in [1.165, 1.54) is 18.9 Å². The molecule has 1 heterocycles. The van der Waals surface area contributed by atoms with Crippen molar-refractivity contribution < 1.29 is 19.4 Å². The minimum absolute atomic E-state index is 0.0484. The molecule has 1 fully saturated rings. The summed E-state index contributed by atoms with van der Waals surface area (Å²) >= 11 is 1.60. The molecule has 0 bridgehead atoms. The second-order valence-corrected chi connectivity index (χ2v) is 8.77. The summed E-state index contributed by atoms with van der Waals surface area (Å²) in [4.78, 5) is 26.8. The highest BCUT2D eigenvalue weighted by molar-refractivity contribution is 8.00. The molecule has 0 aliphatic carbocycles. The molecule has 3 aromatic rings. The van der Waals surface area contributed by atoms with Crippen molar-refractivity contribution >= 4 is 29.8 Å². The number of phenolic OH excluding ortho intramolecular Hbond substituents is 1. The van der Waals surface area contributed by atoms with E-state index in [2.05, 4.69) is 22.7 Å². The van der Waals surface area contributed by atoms with Gasteiger partial charge in [0.15, 0.2) is 11.5 Å². The van der Waals surface area contributed by atoms with Crippen LogP contribution in [0.2, 0.25) is 0 Å². The molecule has 1 atom stereocenters. The van der Waals surface area contributed by atoms with Crippen LogP contribution in [0, 0.1) is 0 Å². The number of amides is 2. The number of methoxy groups -OCH3 is 1. The van der Waals surface area contributed by atoms with Crippen LogP contribution in [-0.2, 0) is 11.2 Å². The molecule has 2 amide bonds. The molecule has 0 radical (unpaired) electrons. The third-order valence-corrected chi connectivity index (χ3v) is 6.79. The highest BCUT2D eigenvalue weighted by Crippen LogP contribution is 2.38. The fourth-order valence-electron chi connectivity index (χ4n) is 3.70. The van der Waals surface area contributed by atoms with Crippen molar-refractivity contribution in [1.29, 1.82) is 0 Å². The van der Waals surface area contributed by atoms with E-state index in [9.17, 15) is 14.7 Å². The first-order valence-corrected chi connectivity index (χ1v) is 11.9. The molecule has 4 rings (SSSR count). The molecule has 34 heavy (non-hydrogen) atoms. The van der Waals surface area contributed by atoms with E-state index >= 15 is 0 Å². The van der Waals surface area contributed by atoms with Gasteiger partial charge in [-0.15, -0.1) is 11.8 Å². The van der Waals surface area contributed by atoms with Crippen LogP contribution in [0.25, 0.3) is 0 Å². The highest BCUT2D eigenvalue weighted by atomic mass is 32.2. The van der Waals surface area contributed by atoms with Crippen molar-refractivity contribution in [1.82, 2.24) is 10.3 Å². The van der Waals surface area contributed by atoms with Gasteiger partial charge in [0, 0.05) is 17.7 Å². The zero-order chi connectivity index (χ0) is 23.9. The van der Waals surface area contributed by atoms with Crippen LogP contribution in [0.4, 0.5) is 0 Å². The standard InChI is InChI=1S/C26H25N3O4S/c1-33-22-9-5-8-21(24(22)31)16-27-28-25(32)19-10-12-20(13-11-19)26-29(23(30)17-34-26)15-14-18-6-3-2-4-7-18/h2-13,16,26,31H,14-15,17H2,1H3,(H,28,32)/b27-16-/t26-/m0/s1. The average molecular weight is 476 g/mol. The number of para-hydroxylation sites is 1. The number of benzene rings is 3. The predicted octanol–water partition coefficient (Wildman–Crippen LogP) is 3.98. The molecule has 1 saturated heterocycles. The topological polar surface area (TPSA) is 91.2 Å². The van der Waals surface area contributed by atoms with Crippen molar-refractivity contribution in [3.63, 3.8) is 0 Å². The Morgan fingerprint density at radius 1 is 1.15 bits per heavy atom. The van der Waals surface area contributed by atoms with Gasteiger partial charge in [0.1, 0.15) is 5.37 Å². The van der Waals surface area contributed by atoms with Gasteiger partial charge in [-0.05, 0) is 41.8 Å². The molecular weight excluding hydrogens is 450 g/mol. The number of nitrogens with one attached hydrogen (secondary N) is 1. The molecule has 1 aliphatic heterocycles. The van der Waals surface area contributed by atoms with E-state index in [0.717, 1.165) is 12.0 Å². The molecule has 0 spiro atoms. The molecule has 7 nitrogen and oxygen atoms in total. The number of aromatic hydroxyl groups is 1. The first-order valence-electron chi connectivity index (χ1n) is 10.8. The molecule has 0 saturated carbocycles. The summed E-state index contributed by atoms with van der Waals surface area (Å²) < 4.78 is 5.06. The van der Waals surface area contributed by atoms with E-state index in [1.54, 1.807) is 42.1 Å². The maximum atomic E-state index is 12.5. The molecule has 0 aromatic heterocycles. The maximum absolute atomic E-state index is 12.5. The quantitative estimate of drug-likeness (QED) is 0.380. The van der Waals surface area contributed by atoms with Crippen molar-refractivity contribution in [2.75, 3.05) is 19.4 Å². The molecule has 0 unspecified atom stereocenters. The predicted molar refractivity (Wildman–Crippen MR) is 133 cm³/mol. The summed E-state index contributed by atoms with van der Waals surface area (Å²) in [7, 11) is 1.46. The Kier molecular flexibility index (Phi) is 7.49. The second kappa shape index (κ2) is 10.9. The van der Waals surface area contributed by atoms with E-state index in [0.29, 0.717) is 29.2 Å². The van der Waals surface area contributed by atoms with Gasteiger partial charge in [0.05, 0.1) is 19.1 Å². The summed E-state index contributed by atoms with van der Waals surface area (Å²) in [5.74, 6) is 0.483. The number of rotatable bonds is 8. The molecule has 8 heteroatoms. The molecule has 1 aliphatic rings. The van der Waals surface area contributed by atoms with Gasteiger partial charge < -0.3 is 14.7 Å². The van der Waals surface area contributed by atoms with E-state index in [-0.39, 0.29) is 22.9 Å². The zero-order valence-corrected chi connectivity index (χ0v) is 19.5. The summed E-state index contributed by atoms with van der Waals surface area (Å²) in [6.07, 6.45) is 2.15. The van der Waals surface area contributed by atoms with Gasteiger partial charge in [-0.3, -0.25) is 9.59 Å². The largest absolute Gasteiger partial charge is 0.504 e. The van der Waals surface area contributed by atoms with Gasteiger partial charge in [0.2, 0.25) is 5.91 Å². The number of carbonyl (C=O) groups is 2. The fourth-order valence-corrected chi connectivity index (χ4v) is 4.92. The van der Waals surface area contributed by atoms with Crippen LogP contribution in [0.1, 0.15) is 32.4 Å². The number of carbonyl (C=O) groups excluding carboxylic acids is 2. The Labute approximate surface area is 202 Å². The van der Waals surface area contributed by atoms with Gasteiger partial charge in [-0.1, -0.05) is 48.5 Å². The second-order valence-electron chi connectivity index (χ2n) is 7.71. The van der Waals surface area contributed by atoms with Crippen molar-refractivity contribution in [2.24, 2.45) is 5.10 Å². The zero-order valence-electron chi connectivity index (χ0n) is 18.7. The van der Waals surface area contributed by atoms with Crippen LogP contribution < -0.4 is 10.2 Å². The van der Waals surface area contributed by atoms with Crippen molar-refractivity contribution in [3.8, 4) is 11.5 Å². The lowest BCUT2D eigenvalue weighted by Gasteiger charge is -2.24. The normalized spacial score (nSPS) is 15.6. The van der Waals surface area contributed by atoms with Gasteiger partial charge in [0.25, 0.3) is 5.91 Å². The number of ether oxygens (including phenoxy) is 1. The Bertz CT molecular complexity index is 1180. The Hall–Kier alpha value is -3.78. The van der Waals surface area contributed by atoms with Crippen molar-refractivity contribution in [2.45, 2.75) is 11.8 Å². The monoisotopic (exact) mass is 475 g/mol. The first kappa shape index (κ1) is 23.4. The number of nitrogens with zero attached hydrogens (tertiary/aromatic N) is 2. The summed E-state index contributed by atoms with van der Waals surface area (Å²) in [6, 6.07) is 22.3. The van der Waals surface area contributed by atoms with E-state index in [4.69, 9.17) is 4.74 Å². The van der Waals surface area contributed by atoms with Gasteiger partial charge in [-0.25, -0.2) is 5.43 Å². The summed E-state index contributed by atoms with van der Waals surface area (Å²) in [5.41, 5.74) is 5.51. The van der Waals surface area contributed by atoms with Gasteiger partial charge in [-0.2, -0.15) is 5.10 Å². The molecule has 2 N–H and O–H groups in total. The molecular formula is C26H25N3O4S. The Morgan fingerprint density at radius 2 is 1.91 bits per heavy atom. The number of hydrogen-bond acceptors (Lipinski definition) is 6. The minimum Gasteiger partial charge on any atom is -0.504 e. The van der Waals surface area contributed by atoms with Crippen LogP contribution >= 0.6 is 11.8 Å². The number of hydrogen-bond donors (Lipinski definition) is 2. The first-order chi connectivity index (χ1) is 16.6. The highest BCUT2D eigenvalue weighted by Gasteiger charge is 2.32. The lowest BCUT2D eigenvalue weighted by atomic mass is 10.1. The van der Waals surface area contributed by atoms with Crippen LogP contribution in [0.5, 0.6) is 11.5 Å². The minimum atomic E-state index is -0.374. The van der Waals surface area contributed by atoms with Gasteiger partial charge >= 0.3 is 0 Å². The van der Waals surface area contributed by atoms with Crippen LogP contribution in [-0.4, -0.2) is 47.4 Å². The lowest BCUT2D eigenvalue weighted by Crippen LogP contribution is -2.30. The Morgan fingerprint density at radius 3 is 2.65 bits per heavy atom. The summed E-state index contributed by atoms with van der Waals surface area (Å²) in [6.45, 7) is 0.647. The molecule has 3 aromatic carbocycles. The van der Waals surface area contributed by atoms with Crippen LogP contribution in [0.15, 0.2) is 77.9 Å². The average Bonchev–Trinajstić information content (AvgIpc) is 3.24. The van der Waals surface area contributed by atoms with Crippen molar-refractivity contribution in [3.05, 3.63) is 95.1 Å². The third kappa shape index (κ3) is 5.40. The smallest absolute Gasteiger partial charge is 0.271 e. The Balaban J connectivity index is 1.38. The lowest BCUT2D eigenvalue weighted by molar-refractivity contribution is -0.128. The number of phenols is 1. The van der Waals surface area contributed by atoms with E-state index in [1.807, 2.05) is 35.2 Å². The molecule has 174 valence electrons. The number of thioether (sulfide) groups is 1. The fraction of sp³-hybridized carbons (Fsp3) is 0.192.